The highest BCUT2D eigenvalue weighted by atomic mass is 35.5. The molecular formula is C18H16ClNO4. The molecule has 24 heavy (non-hydrogen) atoms. The van der Waals surface area contributed by atoms with Crippen molar-refractivity contribution < 1.29 is 19.1 Å². The number of methoxy groups -OCH3 is 2. The molecule has 0 aliphatic heterocycles. The van der Waals surface area contributed by atoms with E-state index in [0.29, 0.717) is 33.5 Å². The van der Waals surface area contributed by atoms with Crippen molar-refractivity contribution in [2.24, 2.45) is 0 Å². The molecule has 0 aliphatic carbocycles. The maximum Gasteiger partial charge on any atom is 0.173 e. The molecule has 0 amide bonds. The van der Waals surface area contributed by atoms with Crippen LogP contribution in [0.3, 0.4) is 0 Å². The summed E-state index contributed by atoms with van der Waals surface area (Å²) in [6.45, 7) is -0.203. The minimum Gasteiger partial charge on any atom is -0.493 e. The fourth-order valence-corrected chi connectivity index (χ4v) is 2.62. The Morgan fingerprint density at radius 2 is 1.67 bits per heavy atom. The smallest absolute Gasteiger partial charge is 0.173 e. The normalized spacial score (nSPS) is 10.7. The molecule has 0 saturated carbocycles. The number of halogens is 1. The molecule has 3 rings (SSSR count). The van der Waals surface area contributed by atoms with E-state index in [0.717, 1.165) is 11.1 Å². The molecule has 0 unspecified atom stereocenters. The summed E-state index contributed by atoms with van der Waals surface area (Å²) in [5, 5.41) is 14.6. The molecule has 0 atom stereocenters. The third-order valence-electron chi connectivity index (χ3n) is 3.71. The summed E-state index contributed by atoms with van der Waals surface area (Å²) in [7, 11) is 3.14. The van der Waals surface area contributed by atoms with E-state index < -0.39 is 0 Å². The summed E-state index contributed by atoms with van der Waals surface area (Å²) in [5.74, 6) is 1.68. The Morgan fingerprint density at radius 1 is 1.00 bits per heavy atom. The van der Waals surface area contributed by atoms with E-state index in [-0.39, 0.29) is 6.61 Å². The third-order valence-corrected chi connectivity index (χ3v) is 3.96. The van der Waals surface area contributed by atoms with Crippen LogP contribution in [0.4, 0.5) is 0 Å². The SMILES string of the molecule is COc1ccc(-c2onc(-c3ccc(Cl)cc3)c2CO)cc1OC. The number of rotatable bonds is 5. The minimum atomic E-state index is -0.203. The van der Waals surface area contributed by atoms with Gasteiger partial charge in [-0.1, -0.05) is 28.9 Å². The van der Waals surface area contributed by atoms with Crippen molar-refractivity contribution in [1.29, 1.82) is 0 Å². The Balaban J connectivity index is 2.08. The first kappa shape index (κ1) is 16.4. The van der Waals surface area contributed by atoms with Crippen LogP contribution < -0.4 is 9.47 Å². The van der Waals surface area contributed by atoms with Gasteiger partial charge in [0.2, 0.25) is 0 Å². The van der Waals surface area contributed by atoms with Crippen molar-refractivity contribution in [3.8, 4) is 34.1 Å². The molecule has 0 bridgehead atoms. The van der Waals surface area contributed by atoms with Crippen LogP contribution in [0.2, 0.25) is 5.02 Å². The summed E-state index contributed by atoms with van der Waals surface area (Å²) in [4.78, 5) is 0. The van der Waals surface area contributed by atoms with Gasteiger partial charge in [-0.3, -0.25) is 0 Å². The highest BCUT2D eigenvalue weighted by molar-refractivity contribution is 6.30. The van der Waals surface area contributed by atoms with Gasteiger partial charge in [0.05, 0.1) is 26.4 Å². The Morgan fingerprint density at radius 3 is 2.29 bits per heavy atom. The second kappa shape index (κ2) is 6.95. The monoisotopic (exact) mass is 345 g/mol. The maximum atomic E-state index is 9.81. The lowest BCUT2D eigenvalue weighted by molar-refractivity contribution is 0.281. The summed E-state index contributed by atoms with van der Waals surface area (Å²) in [5.41, 5.74) is 2.74. The van der Waals surface area contributed by atoms with Gasteiger partial charge in [-0.25, -0.2) is 0 Å². The molecule has 0 aliphatic rings. The Kier molecular flexibility index (Phi) is 4.74. The highest BCUT2D eigenvalue weighted by Gasteiger charge is 2.19. The minimum absolute atomic E-state index is 0.203. The van der Waals surface area contributed by atoms with E-state index in [2.05, 4.69) is 5.16 Å². The number of nitrogens with zero attached hydrogens (tertiary/aromatic N) is 1. The maximum absolute atomic E-state index is 9.81. The molecule has 124 valence electrons. The molecule has 1 aromatic heterocycles. The molecule has 5 nitrogen and oxygen atoms in total. The first-order valence-electron chi connectivity index (χ1n) is 7.25. The number of hydrogen-bond acceptors (Lipinski definition) is 5. The van der Waals surface area contributed by atoms with E-state index in [1.54, 1.807) is 38.5 Å². The summed E-state index contributed by atoms with van der Waals surface area (Å²) in [6, 6.07) is 12.6. The van der Waals surface area contributed by atoms with E-state index in [9.17, 15) is 5.11 Å². The van der Waals surface area contributed by atoms with E-state index >= 15 is 0 Å². The zero-order valence-corrected chi connectivity index (χ0v) is 14.0. The van der Waals surface area contributed by atoms with Gasteiger partial charge in [-0.05, 0) is 30.3 Å². The predicted octanol–water partition coefficient (Wildman–Crippen LogP) is 4.17. The van der Waals surface area contributed by atoms with Crippen molar-refractivity contribution in [3.63, 3.8) is 0 Å². The van der Waals surface area contributed by atoms with E-state index in [1.165, 1.54) is 0 Å². The van der Waals surface area contributed by atoms with Crippen molar-refractivity contribution in [3.05, 3.63) is 53.1 Å². The van der Waals surface area contributed by atoms with Crippen molar-refractivity contribution in [2.75, 3.05) is 14.2 Å². The topological polar surface area (TPSA) is 64.7 Å². The molecule has 1 heterocycles. The summed E-state index contributed by atoms with van der Waals surface area (Å²) in [6.07, 6.45) is 0. The van der Waals surface area contributed by atoms with Crippen molar-refractivity contribution in [1.82, 2.24) is 5.16 Å². The van der Waals surface area contributed by atoms with Crippen LogP contribution in [0.1, 0.15) is 5.56 Å². The number of ether oxygens (including phenoxy) is 2. The van der Waals surface area contributed by atoms with Crippen LogP contribution in [-0.4, -0.2) is 24.5 Å². The van der Waals surface area contributed by atoms with Gasteiger partial charge in [-0.2, -0.15) is 0 Å². The van der Waals surface area contributed by atoms with Crippen LogP contribution in [0.25, 0.3) is 22.6 Å². The largest absolute Gasteiger partial charge is 0.493 e. The fourth-order valence-electron chi connectivity index (χ4n) is 2.49. The molecule has 1 N–H and O–H groups in total. The Bertz CT molecular complexity index is 843. The van der Waals surface area contributed by atoms with Crippen LogP contribution in [0.5, 0.6) is 11.5 Å². The second-order valence-corrected chi connectivity index (χ2v) is 5.51. The van der Waals surface area contributed by atoms with Gasteiger partial charge < -0.3 is 19.1 Å². The van der Waals surface area contributed by atoms with Crippen LogP contribution in [0.15, 0.2) is 47.0 Å². The van der Waals surface area contributed by atoms with Crippen LogP contribution >= 0.6 is 11.6 Å². The molecule has 2 aromatic carbocycles. The number of benzene rings is 2. The first-order chi connectivity index (χ1) is 11.7. The lowest BCUT2D eigenvalue weighted by atomic mass is 10.0. The molecule has 3 aromatic rings. The van der Waals surface area contributed by atoms with Crippen molar-refractivity contribution >= 4 is 11.6 Å². The molecule has 0 fully saturated rings. The Labute approximate surface area is 144 Å². The number of hydrogen-bond donors (Lipinski definition) is 1. The Hall–Kier alpha value is -2.50. The number of aliphatic hydroxyl groups excluding tert-OH is 1. The van der Waals surface area contributed by atoms with E-state index in [1.807, 2.05) is 18.2 Å². The van der Waals surface area contributed by atoms with Gasteiger partial charge in [0, 0.05) is 16.1 Å². The highest BCUT2D eigenvalue weighted by Crippen LogP contribution is 2.37. The lowest BCUT2D eigenvalue weighted by Gasteiger charge is -2.08. The van der Waals surface area contributed by atoms with Gasteiger partial charge in [-0.15, -0.1) is 0 Å². The first-order valence-corrected chi connectivity index (χ1v) is 7.63. The number of aromatic nitrogens is 1. The molecule has 0 saturated heterocycles. The standard InChI is InChI=1S/C18H16ClNO4/c1-22-15-8-5-12(9-16(15)23-2)18-14(10-21)17(20-24-18)11-3-6-13(19)7-4-11/h3-9,21H,10H2,1-2H3. The fraction of sp³-hybridized carbons (Fsp3) is 0.167. The predicted molar refractivity (Wildman–Crippen MR) is 91.4 cm³/mol. The average Bonchev–Trinajstić information content (AvgIpc) is 3.05. The average molecular weight is 346 g/mol. The van der Waals surface area contributed by atoms with E-state index in [4.69, 9.17) is 25.6 Å². The summed E-state index contributed by atoms with van der Waals surface area (Å²) < 4.78 is 16.0. The van der Waals surface area contributed by atoms with Gasteiger partial charge in [0.1, 0.15) is 5.69 Å². The van der Waals surface area contributed by atoms with Crippen LogP contribution in [-0.2, 0) is 6.61 Å². The summed E-state index contributed by atoms with van der Waals surface area (Å²) >= 11 is 5.92. The van der Waals surface area contributed by atoms with Crippen LogP contribution in [0, 0.1) is 0 Å². The van der Waals surface area contributed by atoms with Gasteiger partial charge in [0.25, 0.3) is 0 Å². The van der Waals surface area contributed by atoms with Gasteiger partial charge in [0.15, 0.2) is 17.3 Å². The third kappa shape index (κ3) is 2.96. The lowest BCUT2D eigenvalue weighted by Crippen LogP contribution is -1.92. The molecule has 0 spiro atoms. The van der Waals surface area contributed by atoms with Gasteiger partial charge >= 0.3 is 0 Å². The quantitative estimate of drug-likeness (QED) is 0.751. The van der Waals surface area contributed by atoms with Crippen molar-refractivity contribution in [2.45, 2.75) is 6.61 Å². The second-order valence-electron chi connectivity index (χ2n) is 5.07. The molecular weight excluding hydrogens is 330 g/mol. The molecule has 0 radical (unpaired) electrons. The zero-order valence-electron chi connectivity index (χ0n) is 13.2. The molecule has 6 heteroatoms. The number of aliphatic hydroxyl groups is 1. The zero-order chi connectivity index (χ0) is 17.1.